The molecule has 116 valence electrons. The van der Waals surface area contributed by atoms with Crippen LogP contribution in [-0.4, -0.2) is 65.5 Å². The number of rotatable bonds is 6. The molecule has 1 saturated heterocycles. The molecular formula is C15H23N3O3. The van der Waals surface area contributed by atoms with Crippen molar-refractivity contribution in [3.63, 3.8) is 0 Å². The molecule has 0 saturated carbocycles. The quantitative estimate of drug-likeness (QED) is 0.837. The van der Waals surface area contributed by atoms with Crippen LogP contribution in [0.3, 0.4) is 0 Å². The van der Waals surface area contributed by atoms with E-state index in [1.54, 1.807) is 23.5 Å². The second kappa shape index (κ2) is 8.07. The lowest BCUT2D eigenvalue weighted by Gasteiger charge is -2.37. The summed E-state index contributed by atoms with van der Waals surface area (Å²) in [7, 11) is 0. The normalized spacial score (nSPS) is 15.9. The molecule has 0 spiro atoms. The van der Waals surface area contributed by atoms with Crippen LogP contribution >= 0.6 is 0 Å². The van der Waals surface area contributed by atoms with Crippen molar-refractivity contribution in [2.45, 2.75) is 19.8 Å². The summed E-state index contributed by atoms with van der Waals surface area (Å²) >= 11 is 0. The van der Waals surface area contributed by atoms with Gasteiger partial charge in [-0.2, -0.15) is 0 Å². The van der Waals surface area contributed by atoms with Crippen LogP contribution in [0.15, 0.2) is 18.5 Å². The van der Waals surface area contributed by atoms with Crippen molar-refractivity contribution in [2.75, 3.05) is 39.5 Å². The predicted octanol–water partition coefficient (Wildman–Crippen LogP) is 0.716. The van der Waals surface area contributed by atoms with Crippen LogP contribution in [0.5, 0.6) is 0 Å². The van der Waals surface area contributed by atoms with E-state index in [9.17, 15) is 4.79 Å². The van der Waals surface area contributed by atoms with Crippen molar-refractivity contribution in [1.29, 1.82) is 0 Å². The Kier molecular flexibility index (Phi) is 6.10. The number of hydrogen-bond donors (Lipinski definition) is 1. The summed E-state index contributed by atoms with van der Waals surface area (Å²) < 4.78 is 5.35. The number of aliphatic hydroxyl groups excluding tert-OH is 1. The zero-order valence-corrected chi connectivity index (χ0v) is 12.5. The summed E-state index contributed by atoms with van der Waals surface area (Å²) in [6.45, 7) is 5.48. The topological polar surface area (TPSA) is 65.9 Å². The molecule has 2 rings (SSSR count). The standard InChI is InChI=1S/C15H23N3O3/c1-2-6-18(17-7-10-21-11-8-17)15(20)14-12-16-5-3-13(14)4-9-19/h3,5,12,19H,2,4,6-11H2,1H3. The smallest absolute Gasteiger partial charge is 0.270 e. The van der Waals surface area contributed by atoms with Crippen LogP contribution in [0, 0.1) is 0 Å². The van der Waals surface area contributed by atoms with Crippen molar-refractivity contribution in [3.05, 3.63) is 29.6 Å². The Morgan fingerprint density at radius 1 is 1.48 bits per heavy atom. The zero-order chi connectivity index (χ0) is 15.1. The Hall–Kier alpha value is -1.50. The van der Waals surface area contributed by atoms with Crippen molar-refractivity contribution >= 4 is 5.91 Å². The van der Waals surface area contributed by atoms with E-state index in [-0.39, 0.29) is 12.5 Å². The van der Waals surface area contributed by atoms with E-state index in [2.05, 4.69) is 11.9 Å². The zero-order valence-electron chi connectivity index (χ0n) is 12.5. The molecular weight excluding hydrogens is 270 g/mol. The van der Waals surface area contributed by atoms with E-state index < -0.39 is 0 Å². The van der Waals surface area contributed by atoms with Gasteiger partial charge in [0.1, 0.15) is 0 Å². The molecule has 0 aliphatic carbocycles. The number of morpholine rings is 1. The number of aliphatic hydroxyl groups is 1. The number of nitrogens with zero attached hydrogens (tertiary/aromatic N) is 3. The Morgan fingerprint density at radius 3 is 2.90 bits per heavy atom. The molecule has 6 nitrogen and oxygen atoms in total. The Morgan fingerprint density at radius 2 is 2.24 bits per heavy atom. The summed E-state index contributed by atoms with van der Waals surface area (Å²) in [5.41, 5.74) is 1.42. The summed E-state index contributed by atoms with van der Waals surface area (Å²) in [6, 6.07) is 1.80. The molecule has 2 heterocycles. The number of hydrogen-bond acceptors (Lipinski definition) is 5. The van der Waals surface area contributed by atoms with Gasteiger partial charge in [0, 0.05) is 38.6 Å². The molecule has 1 fully saturated rings. The summed E-state index contributed by atoms with van der Waals surface area (Å²) in [5.74, 6) is -0.0460. The highest BCUT2D eigenvalue weighted by Gasteiger charge is 2.25. The van der Waals surface area contributed by atoms with Gasteiger partial charge in [0.05, 0.1) is 18.8 Å². The SMILES string of the molecule is CCCN(C(=O)c1cnccc1CCO)N1CCOCC1. The Labute approximate surface area is 125 Å². The molecule has 0 bridgehead atoms. The van der Waals surface area contributed by atoms with Crippen molar-refractivity contribution in [1.82, 2.24) is 15.0 Å². The third kappa shape index (κ3) is 4.00. The number of amides is 1. The van der Waals surface area contributed by atoms with Crippen LogP contribution in [0.4, 0.5) is 0 Å². The van der Waals surface area contributed by atoms with E-state index in [4.69, 9.17) is 9.84 Å². The number of aromatic nitrogens is 1. The van der Waals surface area contributed by atoms with E-state index in [1.165, 1.54) is 0 Å². The van der Waals surface area contributed by atoms with Gasteiger partial charge in [0.2, 0.25) is 0 Å². The molecule has 1 aromatic heterocycles. The maximum Gasteiger partial charge on any atom is 0.270 e. The average Bonchev–Trinajstić information content (AvgIpc) is 2.54. The highest BCUT2D eigenvalue weighted by atomic mass is 16.5. The van der Waals surface area contributed by atoms with Crippen LogP contribution in [-0.2, 0) is 11.2 Å². The predicted molar refractivity (Wildman–Crippen MR) is 78.7 cm³/mol. The van der Waals surface area contributed by atoms with E-state index in [1.807, 2.05) is 5.01 Å². The number of carbonyl (C=O) groups is 1. The van der Waals surface area contributed by atoms with Crippen molar-refractivity contribution < 1.29 is 14.6 Å². The first-order chi connectivity index (χ1) is 10.3. The van der Waals surface area contributed by atoms with E-state index in [0.29, 0.717) is 31.7 Å². The summed E-state index contributed by atoms with van der Waals surface area (Å²) in [5, 5.41) is 13.0. The van der Waals surface area contributed by atoms with Crippen molar-refractivity contribution in [3.8, 4) is 0 Å². The van der Waals surface area contributed by atoms with E-state index in [0.717, 1.165) is 25.1 Å². The molecule has 0 aromatic carbocycles. The fraction of sp³-hybridized carbons (Fsp3) is 0.600. The third-order valence-corrected chi connectivity index (χ3v) is 3.52. The first-order valence-electron chi connectivity index (χ1n) is 7.46. The molecule has 1 aliphatic heterocycles. The Bertz CT molecular complexity index is 461. The van der Waals surface area contributed by atoms with Gasteiger partial charge in [-0.3, -0.25) is 14.8 Å². The van der Waals surface area contributed by atoms with Gasteiger partial charge in [-0.1, -0.05) is 6.92 Å². The maximum atomic E-state index is 12.9. The molecule has 1 aromatic rings. The second-order valence-corrected chi connectivity index (χ2v) is 5.00. The highest BCUT2D eigenvalue weighted by Crippen LogP contribution is 2.14. The molecule has 1 N–H and O–H groups in total. The molecule has 1 amide bonds. The lowest BCUT2D eigenvalue weighted by molar-refractivity contribution is -0.0697. The number of carbonyl (C=O) groups excluding carboxylic acids is 1. The molecule has 0 radical (unpaired) electrons. The van der Waals surface area contributed by atoms with Crippen molar-refractivity contribution in [2.24, 2.45) is 0 Å². The van der Waals surface area contributed by atoms with Crippen LogP contribution in [0.2, 0.25) is 0 Å². The van der Waals surface area contributed by atoms with Crippen LogP contribution < -0.4 is 0 Å². The molecule has 6 heteroatoms. The van der Waals surface area contributed by atoms with Gasteiger partial charge < -0.3 is 9.84 Å². The van der Waals surface area contributed by atoms with Gasteiger partial charge in [0.15, 0.2) is 0 Å². The lowest BCUT2D eigenvalue weighted by Crippen LogP contribution is -2.52. The van der Waals surface area contributed by atoms with E-state index >= 15 is 0 Å². The van der Waals surface area contributed by atoms with Gasteiger partial charge in [0.25, 0.3) is 5.91 Å². The minimum absolute atomic E-state index is 0.0234. The molecule has 21 heavy (non-hydrogen) atoms. The van der Waals surface area contributed by atoms with Gasteiger partial charge in [-0.05, 0) is 24.5 Å². The largest absolute Gasteiger partial charge is 0.396 e. The fourth-order valence-corrected chi connectivity index (χ4v) is 2.47. The second-order valence-electron chi connectivity index (χ2n) is 5.00. The lowest BCUT2D eigenvalue weighted by atomic mass is 10.1. The summed E-state index contributed by atoms with van der Waals surface area (Å²) in [4.78, 5) is 16.9. The van der Waals surface area contributed by atoms with Crippen LogP contribution in [0.25, 0.3) is 0 Å². The minimum atomic E-state index is -0.0460. The molecule has 0 atom stereocenters. The number of ether oxygens (including phenoxy) is 1. The first kappa shape index (κ1) is 15.9. The van der Waals surface area contributed by atoms with Gasteiger partial charge in [-0.25, -0.2) is 5.01 Å². The third-order valence-electron chi connectivity index (χ3n) is 3.52. The minimum Gasteiger partial charge on any atom is -0.396 e. The number of pyridine rings is 1. The maximum absolute atomic E-state index is 12.9. The number of hydrazine groups is 1. The first-order valence-corrected chi connectivity index (χ1v) is 7.46. The van der Waals surface area contributed by atoms with Gasteiger partial charge >= 0.3 is 0 Å². The average molecular weight is 293 g/mol. The monoisotopic (exact) mass is 293 g/mol. The Balaban J connectivity index is 2.21. The molecule has 1 aliphatic rings. The molecule has 0 unspecified atom stereocenters. The van der Waals surface area contributed by atoms with Crippen LogP contribution in [0.1, 0.15) is 29.3 Å². The highest BCUT2D eigenvalue weighted by molar-refractivity contribution is 5.95. The fourth-order valence-electron chi connectivity index (χ4n) is 2.47. The summed E-state index contributed by atoms with van der Waals surface area (Å²) in [6.07, 6.45) is 4.60. The van der Waals surface area contributed by atoms with Gasteiger partial charge in [-0.15, -0.1) is 0 Å².